The summed E-state index contributed by atoms with van der Waals surface area (Å²) >= 11 is 0. The fourth-order valence-electron chi connectivity index (χ4n) is 1.86. The summed E-state index contributed by atoms with van der Waals surface area (Å²) in [6, 6.07) is 12.6. The number of esters is 1. The minimum atomic E-state index is -0.703. The van der Waals surface area contributed by atoms with E-state index in [-0.39, 0.29) is 12.2 Å². The Morgan fingerprint density at radius 3 is 2.54 bits per heavy atom. The number of nitrogens with zero attached hydrogens (tertiary/aromatic N) is 1. The molecule has 6 heteroatoms. The van der Waals surface area contributed by atoms with Crippen molar-refractivity contribution in [3.63, 3.8) is 0 Å². The van der Waals surface area contributed by atoms with E-state index in [2.05, 4.69) is 15.6 Å². The summed E-state index contributed by atoms with van der Waals surface area (Å²) in [6.45, 7) is 3.81. The van der Waals surface area contributed by atoms with Gasteiger partial charge in [-0.15, -0.1) is 0 Å². The van der Waals surface area contributed by atoms with Gasteiger partial charge in [-0.25, -0.2) is 9.78 Å². The van der Waals surface area contributed by atoms with Crippen molar-refractivity contribution in [3.05, 3.63) is 66.0 Å². The van der Waals surface area contributed by atoms with E-state index < -0.39 is 11.9 Å². The smallest absolute Gasteiger partial charge is 0.345 e. The van der Waals surface area contributed by atoms with Gasteiger partial charge >= 0.3 is 5.97 Å². The van der Waals surface area contributed by atoms with Crippen LogP contribution in [0, 0.1) is 6.92 Å². The molecule has 0 saturated heterocycles. The molecule has 0 aliphatic rings. The molecule has 124 valence electrons. The number of pyridine rings is 1. The molecule has 1 amide bonds. The molecule has 0 bridgehead atoms. The minimum absolute atomic E-state index is 0.136. The second-order valence-corrected chi connectivity index (χ2v) is 4.96. The topological polar surface area (TPSA) is 80.3 Å². The highest BCUT2D eigenvalue weighted by Crippen LogP contribution is 2.11. The van der Waals surface area contributed by atoms with E-state index in [0.29, 0.717) is 11.5 Å². The second-order valence-electron chi connectivity index (χ2n) is 4.96. The summed E-state index contributed by atoms with van der Waals surface area (Å²) in [6.07, 6.45) is 2.90. The zero-order valence-corrected chi connectivity index (χ0v) is 13.6. The van der Waals surface area contributed by atoms with E-state index in [0.717, 1.165) is 5.56 Å². The molecular formula is C18H19N3O3. The Labute approximate surface area is 140 Å². The van der Waals surface area contributed by atoms with E-state index in [1.54, 1.807) is 43.5 Å². The summed E-state index contributed by atoms with van der Waals surface area (Å²) in [5.41, 5.74) is 1.53. The number of ether oxygens (including phenoxy) is 1. The van der Waals surface area contributed by atoms with Crippen LogP contribution in [0.5, 0.6) is 0 Å². The molecule has 6 nitrogen and oxygen atoms in total. The molecule has 0 aliphatic carbocycles. The van der Waals surface area contributed by atoms with Crippen LogP contribution in [0.25, 0.3) is 0 Å². The Bertz CT molecular complexity index is 725. The third-order valence-electron chi connectivity index (χ3n) is 3.08. The Kier molecular flexibility index (Phi) is 6.08. The standard InChI is InChI=1S/C18H19N3O3/c1-3-24-18(23)15(12-20-16-6-4-5-11-19-16)17(22)21-14-9-7-13(2)8-10-14/h4-12H,3H2,1-2H3,(H,19,20)(H,21,22). The van der Waals surface area contributed by atoms with Gasteiger partial charge in [-0.05, 0) is 38.1 Å². The third kappa shape index (κ3) is 4.95. The van der Waals surface area contributed by atoms with Gasteiger partial charge in [0.05, 0.1) is 6.61 Å². The molecule has 0 spiro atoms. The monoisotopic (exact) mass is 325 g/mol. The van der Waals surface area contributed by atoms with Crippen LogP contribution in [0.15, 0.2) is 60.4 Å². The predicted octanol–water partition coefficient (Wildman–Crippen LogP) is 2.89. The molecule has 2 aromatic rings. The highest BCUT2D eigenvalue weighted by Gasteiger charge is 2.20. The van der Waals surface area contributed by atoms with Crippen molar-refractivity contribution in [2.75, 3.05) is 17.2 Å². The van der Waals surface area contributed by atoms with Gasteiger partial charge in [0.15, 0.2) is 0 Å². The van der Waals surface area contributed by atoms with Crippen molar-refractivity contribution in [2.45, 2.75) is 13.8 Å². The van der Waals surface area contributed by atoms with Crippen LogP contribution >= 0.6 is 0 Å². The minimum Gasteiger partial charge on any atom is -0.462 e. The van der Waals surface area contributed by atoms with Crippen molar-refractivity contribution in [1.82, 2.24) is 4.98 Å². The molecule has 0 saturated carbocycles. The molecule has 1 aromatic carbocycles. The molecule has 0 aliphatic heterocycles. The number of nitrogens with one attached hydrogen (secondary N) is 2. The molecule has 0 radical (unpaired) electrons. The van der Waals surface area contributed by atoms with E-state index >= 15 is 0 Å². The maximum atomic E-state index is 12.4. The van der Waals surface area contributed by atoms with Crippen molar-refractivity contribution in [3.8, 4) is 0 Å². The molecule has 24 heavy (non-hydrogen) atoms. The van der Waals surface area contributed by atoms with Gasteiger partial charge in [0.1, 0.15) is 11.4 Å². The Morgan fingerprint density at radius 1 is 1.17 bits per heavy atom. The quantitative estimate of drug-likeness (QED) is 0.369. The van der Waals surface area contributed by atoms with Crippen molar-refractivity contribution < 1.29 is 14.3 Å². The zero-order chi connectivity index (χ0) is 17.4. The molecule has 0 fully saturated rings. The van der Waals surface area contributed by atoms with Crippen LogP contribution in [-0.2, 0) is 14.3 Å². The first-order chi connectivity index (χ1) is 11.6. The Morgan fingerprint density at radius 2 is 1.92 bits per heavy atom. The molecule has 0 unspecified atom stereocenters. The molecule has 1 heterocycles. The van der Waals surface area contributed by atoms with Gasteiger partial charge in [0, 0.05) is 18.1 Å². The SMILES string of the molecule is CCOC(=O)C(=CNc1ccccn1)C(=O)Nc1ccc(C)cc1. The first kappa shape index (κ1) is 17.2. The lowest BCUT2D eigenvalue weighted by molar-refractivity contribution is -0.139. The van der Waals surface area contributed by atoms with Gasteiger partial charge in [-0.1, -0.05) is 23.8 Å². The fourth-order valence-corrected chi connectivity index (χ4v) is 1.86. The number of aromatic nitrogens is 1. The Balaban J connectivity index is 2.16. The summed E-state index contributed by atoms with van der Waals surface area (Å²) in [7, 11) is 0. The second kappa shape index (κ2) is 8.47. The number of aryl methyl sites for hydroxylation is 1. The molecule has 0 atom stereocenters. The summed E-state index contributed by atoms with van der Waals surface area (Å²) in [5, 5.41) is 5.50. The maximum absolute atomic E-state index is 12.4. The van der Waals surface area contributed by atoms with Gasteiger partial charge in [-0.2, -0.15) is 0 Å². The number of hydrogen-bond donors (Lipinski definition) is 2. The molecule has 2 rings (SSSR count). The van der Waals surface area contributed by atoms with E-state index in [9.17, 15) is 9.59 Å². The number of amides is 1. The lowest BCUT2D eigenvalue weighted by Gasteiger charge is -2.09. The average molecular weight is 325 g/mol. The van der Waals surface area contributed by atoms with Gasteiger partial charge in [0.2, 0.25) is 0 Å². The average Bonchev–Trinajstić information content (AvgIpc) is 2.58. The van der Waals surface area contributed by atoms with Gasteiger partial charge in [0.25, 0.3) is 5.91 Å². The summed E-state index contributed by atoms with van der Waals surface area (Å²) in [4.78, 5) is 28.5. The Hall–Kier alpha value is -3.15. The largest absolute Gasteiger partial charge is 0.462 e. The highest BCUT2D eigenvalue weighted by atomic mass is 16.5. The predicted molar refractivity (Wildman–Crippen MR) is 92.4 cm³/mol. The number of hydrogen-bond acceptors (Lipinski definition) is 5. The number of benzene rings is 1. The van der Waals surface area contributed by atoms with Crippen LogP contribution in [-0.4, -0.2) is 23.5 Å². The first-order valence-corrected chi connectivity index (χ1v) is 7.53. The van der Waals surface area contributed by atoms with E-state index in [1.165, 1.54) is 6.20 Å². The lowest BCUT2D eigenvalue weighted by Crippen LogP contribution is -2.23. The first-order valence-electron chi connectivity index (χ1n) is 7.53. The molecule has 2 N–H and O–H groups in total. The number of carbonyl (C=O) groups excluding carboxylic acids is 2. The lowest BCUT2D eigenvalue weighted by atomic mass is 10.2. The highest BCUT2D eigenvalue weighted by molar-refractivity contribution is 6.21. The van der Waals surface area contributed by atoms with Crippen LogP contribution in [0.4, 0.5) is 11.5 Å². The summed E-state index contributed by atoms with van der Waals surface area (Å²) in [5.74, 6) is -0.742. The van der Waals surface area contributed by atoms with Crippen LogP contribution in [0.3, 0.4) is 0 Å². The molecular weight excluding hydrogens is 306 g/mol. The van der Waals surface area contributed by atoms with E-state index in [1.807, 2.05) is 19.1 Å². The maximum Gasteiger partial charge on any atom is 0.345 e. The van der Waals surface area contributed by atoms with Crippen molar-refractivity contribution >= 4 is 23.4 Å². The summed E-state index contributed by atoms with van der Waals surface area (Å²) < 4.78 is 4.94. The van der Waals surface area contributed by atoms with Gasteiger partial charge in [-0.3, -0.25) is 4.79 Å². The van der Waals surface area contributed by atoms with Crippen molar-refractivity contribution in [2.24, 2.45) is 0 Å². The number of rotatable bonds is 6. The normalized spacial score (nSPS) is 10.8. The van der Waals surface area contributed by atoms with Crippen LogP contribution in [0.1, 0.15) is 12.5 Å². The van der Waals surface area contributed by atoms with Crippen LogP contribution < -0.4 is 10.6 Å². The van der Waals surface area contributed by atoms with Gasteiger partial charge < -0.3 is 15.4 Å². The number of anilines is 2. The number of carbonyl (C=O) groups is 2. The van der Waals surface area contributed by atoms with E-state index in [4.69, 9.17) is 4.74 Å². The fraction of sp³-hybridized carbons (Fsp3) is 0.167. The zero-order valence-electron chi connectivity index (χ0n) is 13.6. The third-order valence-corrected chi connectivity index (χ3v) is 3.08. The van der Waals surface area contributed by atoms with Crippen molar-refractivity contribution in [1.29, 1.82) is 0 Å². The van der Waals surface area contributed by atoms with Crippen LogP contribution in [0.2, 0.25) is 0 Å². The molecule has 1 aromatic heterocycles.